The minimum absolute atomic E-state index is 0. The Morgan fingerprint density at radius 1 is 1.10 bits per heavy atom. The molecule has 8 heteroatoms. The van der Waals surface area contributed by atoms with Gasteiger partial charge in [0.05, 0.1) is 25.9 Å². The van der Waals surface area contributed by atoms with Crippen molar-refractivity contribution in [3.8, 4) is 5.75 Å². The summed E-state index contributed by atoms with van der Waals surface area (Å²) in [5, 5.41) is 16.9. The SMILES string of the molecule is CCNC(=NCC(O)c1ccc(OC(C)C)cc1)NCCCCCCC(=O)OC.I. The Hall–Kier alpha value is -1.55. The smallest absolute Gasteiger partial charge is 0.305 e. The molecule has 1 aromatic rings. The molecule has 0 bridgehead atoms. The van der Waals surface area contributed by atoms with Crippen LogP contribution in [0.1, 0.15) is 64.5 Å². The van der Waals surface area contributed by atoms with Gasteiger partial charge in [-0.15, -0.1) is 24.0 Å². The number of esters is 1. The summed E-state index contributed by atoms with van der Waals surface area (Å²) in [5.74, 6) is 1.34. The number of ether oxygens (including phenoxy) is 2. The Morgan fingerprint density at radius 2 is 1.77 bits per heavy atom. The molecule has 0 aliphatic rings. The van der Waals surface area contributed by atoms with Crippen LogP contribution >= 0.6 is 24.0 Å². The molecule has 1 aromatic carbocycles. The van der Waals surface area contributed by atoms with Gasteiger partial charge in [0, 0.05) is 19.5 Å². The second-order valence-electron chi connectivity index (χ2n) is 7.14. The van der Waals surface area contributed by atoms with Crippen molar-refractivity contribution in [3.05, 3.63) is 29.8 Å². The van der Waals surface area contributed by atoms with Crippen LogP contribution in [0.3, 0.4) is 0 Å². The molecule has 30 heavy (non-hydrogen) atoms. The van der Waals surface area contributed by atoms with E-state index in [0.717, 1.165) is 50.1 Å². The topological polar surface area (TPSA) is 92.2 Å². The van der Waals surface area contributed by atoms with Crippen molar-refractivity contribution < 1.29 is 19.4 Å². The zero-order valence-corrected chi connectivity index (χ0v) is 21.0. The molecule has 172 valence electrons. The number of aliphatic imine (C=N–C) groups is 1. The number of aliphatic hydroxyl groups excluding tert-OH is 1. The van der Waals surface area contributed by atoms with Crippen LogP contribution in [0.25, 0.3) is 0 Å². The lowest BCUT2D eigenvalue weighted by atomic mass is 10.1. The number of nitrogens with one attached hydrogen (secondary N) is 2. The lowest BCUT2D eigenvalue weighted by Crippen LogP contribution is -2.38. The minimum Gasteiger partial charge on any atom is -0.491 e. The van der Waals surface area contributed by atoms with E-state index in [-0.39, 0.29) is 42.6 Å². The number of benzene rings is 1. The fourth-order valence-electron chi connectivity index (χ4n) is 2.72. The summed E-state index contributed by atoms with van der Waals surface area (Å²) < 4.78 is 10.3. The number of methoxy groups -OCH3 is 1. The number of unbranched alkanes of at least 4 members (excludes halogenated alkanes) is 3. The molecule has 0 aromatic heterocycles. The van der Waals surface area contributed by atoms with E-state index in [1.807, 2.05) is 45.0 Å². The number of carbonyl (C=O) groups is 1. The van der Waals surface area contributed by atoms with Crippen LogP contribution in [0.15, 0.2) is 29.3 Å². The van der Waals surface area contributed by atoms with Gasteiger partial charge < -0.3 is 25.2 Å². The van der Waals surface area contributed by atoms with Crippen LogP contribution in [0, 0.1) is 0 Å². The Kier molecular flexibility index (Phi) is 16.3. The molecule has 0 saturated carbocycles. The highest BCUT2D eigenvalue weighted by molar-refractivity contribution is 14.0. The van der Waals surface area contributed by atoms with Crippen LogP contribution in [-0.4, -0.2) is 49.9 Å². The zero-order valence-electron chi connectivity index (χ0n) is 18.6. The van der Waals surface area contributed by atoms with Crippen LogP contribution in [0.4, 0.5) is 0 Å². The van der Waals surface area contributed by atoms with Gasteiger partial charge in [-0.25, -0.2) is 0 Å². The highest BCUT2D eigenvalue weighted by Gasteiger charge is 2.08. The number of guanidine groups is 1. The van der Waals surface area contributed by atoms with Crippen molar-refractivity contribution in [2.45, 2.75) is 65.1 Å². The molecule has 0 spiro atoms. The van der Waals surface area contributed by atoms with E-state index < -0.39 is 6.10 Å². The van der Waals surface area contributed by atoms with Crippen molar-refractivity contribution in [1.29, 1.82) is 0 Å². The summed E-state index contributed by atoms with van der Waals surface area (Å²) in [6, 6.07) is 7.47. The van der Waals surface area contributed by atoms with E-state index in [1.54, 1.807) is 0 Å². The predicted molar refractivity (Wildman–Crippen MR) is 132 cm³/mol. The first kappa shape index (κ1) is 28.5. The summed E-state index contributed by atoms with van der Waals surface area (Å²) in [5.41, 5.74) is 0.811. The maximum absolute atomic E-state index is 11.1. The van der Waals surface area contributed by atoms with Crippen molar-refractivity contribution in [2.75, 3.05) is 26.7 Å². The highest BCUT2D eigenvalue weighted by atomic mass is 127. The van der Waals surface area contributed by atoms with Crippen molar-refractivity contribution in [3.63, 3.8) is 0 Å². The molecule has 0 fully saturated rings. The third-order valence-corrected chi connectivity index (χ3v) is 4.23. The Labute approximate surface area is 198 Å². The quantitative estimate of drug-likeness (QED) is 0.117. The average Bonchev–Trinajstić information content (AvgIpc) is 2.70. The van der Waals surface area contributed by atoms with E-state index in [4.69, 9.17) is 4.74 Å². The fourth-order valence-corrected chi connectivity index (χ4v) is 2.72. The molecular formula is C22H38IN3O4. The van der Waals surface area contributed by atoms with E-state index in [2.05, 4.69) is 20.4 Å². The molecule has 1 unspecified atom stereocenters. The van der Waals surface area contributed by atoms with E-state index in [9.17, 15) is 9.90 Å². The number of rotatable bonds is 13. The number of nitrogens with zero attached hydrogens (tertiary/aromatic N) is 1. The second-order valence-corrected chi connectivity index (χ2v) is 7.14. The minimum atomic E-state index is -0.670. The summed E-state index contributed by atoms with van der Waals surface area (Å²) in [6.07, 6.45) is 3.82. The molecule has 0 radical (unpaired) electrons. The Morgan fingerprint density at radius 3 is 2.37 bits per heavy atom. The first-order chi connectivity index (χ1) is 14.0. The molecule has 0 amide bonds. The summed E-state index contributed by atoms with van der Waals surface area (Å²) in [4.78, 5) is 15.5. The van der Waals surface area contributed by atoms with Gasteiger partial charge in [-0.2, -0.15) is 0 Å². The molecule has 0 aliphatic carbocycles. The van der Waals surface area contributed by atoms with Crippen molar-refractivity contribution >= 4 is 35.9 Å². The summed E-state index contributed by atoms with van der Waals surface area (Å²) in [7, 11) is 1.42. The molecule has 7 nitrogen and oxygen atoms in total. The average molecular weight is 535 g/mol. The van der Waals surface area contributed by atoms with E-state index in [0.29, 0.717) is 12.4 Å². The van der Waals surface area contributed by atoms with Gasteiger partial charge in [0.15, 0.2) is 5.96 Å². The van der Waals surface area contributed by atoms with Crippen LogP contribution in [-0.2, 0) is 9.53 Å². The third-order valence-electron chi connectivity index (χ3n) is 4.23. The number of carbonyl (C=O) groups excluding carboxylic acids is 1. The Bertz CT molecular complexity index is 609. The predicted octanol–water partition coefficient (Wildman–Crippen LogP) is 3.80. The first-order valence-electron chi connectivity index (χ1n) is 10.5. The molecule has 1 atom stereocenters. The van der Waals surface area contributed by atoms with E-state index in [1.165, 1.54) is 7.11 Å². The maximum Gasteiger partial charge on any atom is 0.305 e. The number of halogens is 1. The summed E-state index contributed by atoms with van der Waals surface area (Å²) in [6.45, 7) is 7.79. The van der Waals surface area contributed by atoms with Crippen LogP contribution in [0.2, 0.25) is 0 Å². The molecule has 0 aliphatic heterocycles. The monoisotopic (exact) mass is 535 g/mol. The third kappa shape index (κ3) is 12.9. The first-order valence-corrected chi connectivity index (χ1v) is 10.5. The van der Waals surface area contributed by atoms with Gasteiger partial charge >= 0.3 is 5.97 Å². The lowest BCUT2D eigenvalue weighted by Gasteiger charge is -2.14. The van der Waals surface area contributed by atoms with Gasteiger partial charge in [-0.05, 0) is 51.3 Å². The second kappa shape index (κ2) is 17.2. The van der Waals surface area contributed by atoms with Crippen LogP contribution in [0.5, 0.6) is 5.75 Å². The zero-order chi connectivity index (χ0) is 21.5. The van der Waals surface area contributed by atoms with Crippen molar-refractivity contribution in [2.24, 2.45) is 4.99 Å². The molecule has 0 heterocycles. The number of hydrogen-bond acceptors (Lipinski definition) is 5. The van der Waals surface area contributed by atoms with Gasteiger partial charge in [0.2, 0.25) is 0 Å². The van der Waals surface area contributed by atoms with Gasteiger partial charge in [0.25, 0.3) is 0 Å². The Balaban J connectivity index is 0.00000841. The van der Waals surface area contributed by atoms with Crippen LogP contribution < -0.4 is 15.4 Å². The van der Waals surface area contributed by atoms with Gasteiger partial charge in [0.1, 0.15) is 5.75 Å². The molecular weight excluding hydrogens is 497 g/mol. The van der Waals surface area contributed by atoms with E-state index >= 15 is 0 Å². The lowest BCUT2D eigenvalue weighted by molar-refractivity contribution is -0.140. The molecule has 3 N–H and O–H groups in total. The van der Waals surface area contributed by atoms with Crippen molar-refractivity contribution in [1.82, 2.24) is 10.6 Å². The number of hydrogen-bond donors (Lipinski definition) is 3. The maximum atomic E-state index is 11.1. The summed E-state index contributed by atoms with van der Waals surface area (Å²) >= 11 is 0. The normalized spacial score (nSPS) is 12.1. The highest BCUT2D eigenvalue weighted by Crippen LogP contribution is 2.19. The molecule has 0 saturated heterocycles. The fraction of sp³-hybridized carbons (Fsp3) is 0.636. The standard InChI is InChI=1S/C22H37N3O4.HI/c1-5-23-22(24-15-9-7-6-8-10-21(27)28-4)25-16-20(26)18-11-13-19(14-12-18)29-17(2)3;/h11-14,17,20,26H,5-10,15-16H2,1-4H3,(H2,23,24,25);1H. The number of aliphatic hydroxyl groups is 1. The van der Waals surface area contributed by atoms with Gasteiger partial charge in [-0.1, -0.05) is 25.0 Å². The van der Waals surface area contributed by atoms with Gasteiger partial charge in [-0.3, -0.25) is 9.79 Å². The molecule has 1 rings (SSSR count). The largest absolute Gasteiger partial charge is 0.491 e.